The van der Waals surface area contributed by atoms with Crippen LogP contribution in [-0.4, -0.2) is 5.91 Å². The molecular formula is C12H9N3OS. The minimum atomic E-state index is -0.221. The second-order valence-electron chi connectivity index (χ2n) is 3.35. The van der Waals surface area contributed by atoms with E-state index in [9.17, 15) is 4.79 Å². The third-order valence-electron chi connectivity index (χ3n) is 2.10. The highest BCUT2D eigenvalue weighted by Gasteiger charge is 2.08. The first kappa shape index (κ1) is 11.2. The smallest absolute Gasteiger partial charge is 0.265 e. The predicted octanol–water partition coefficient (Wildman–Crippen LogP) is 2.45. The van der Waals surface area contributed by atoms with Crippen LogP contribution in [0.4, 0.5) is 10.7 Å². The summed E-state index contributed by atoms with van der Waals surface area (Å²) in [5.41, 5.74) is 6.66. The van der Waals surface area contributed by atoms with Gasteiger partial charge in [-0.25, -0.2) is 0 Å². The fourth-order valence-electron chi connectivity index (χ4n) is 1.33. The number of nitrogens with two attached hydrogens (primary N) is 1. The van der Waals surface area contributed by atoms with Gasteiger partial charge in [0.25, 0.3) is 5.91 Å². The number of nitrogens with one attached hydrogen (secondary N) is 1. The summed E-state index contributed by atoms with van der Waals surface area (Å²) in [5.74, 6) is -0.221. The summed E-state index contributed by atoms with van der Waals surface area (Å²) in [7, 11) is 0. The zero-order valence-corrected chi connectivity index (χ0v) is 9.62. The molecule has 0 fully saturated rings. The lowest BCUT2D eigenvalue weighted by molar-refractivity contribution is 0.103. The Labute approximate surface area is 102 Å². The molecule has 0 aliphatic rings. The van der Waals surface area contributed by atoms with Crippen LogP contribution in [0, 0.1) is 11.3 Å². The number of nitriles is 1. The van der Waals surface area contributed by atoms with Crippen LogP contribution in [0.1, 0.15) is 15.2 Å². The van der Waals surface area contributed by atoms with Crippen molar-refractivity contribution in [3.8, 4) is 6.07 Å². The molecule has 2 rings (SSSR count). The van der Waals surface area contributed by atoms with E-state index in [0.29, 0.717) is 21.1 Å². The third kappa shape index (κ3) is 2.62. The molecule has 84 valence electrons. The highest BCUT2D eigenvalue weighted by Crippen LogP contribution is 2.20. The van der Waals surface area contributed by atoms with Crippen molar-refractivity contribution in [2.75, 3.05) is 11.1 Å². The molecule has 4 nitrogen and oxygen atoms in total. The highest BCUT2D eigenvalue weighted by molar-refractivity contribution is 7.17. The lowest BCUT2D eigenvalue weighted by Crippen LogP contribution is -2.09. The number of thiophene rings is 1. The first-order valence-electron chi connectivity index (χ1n) is 4.86. The average molecular weight is 243 g/mol. The summed E-state index contributed by atoms with van der Waals surface area (Å²) in [6.45, 7) is 0. The van der Waals surface area contributed by atoms with E-state index < -0.39 is 0 Å². The molecule has 0 radical (unpaired) electrons. The van der Waals surface area contributed by atoms with Gasteiger partial charge in [0, 0.05) is 5.69 Å². The van der Waals surface area contributed by atoms with Gasteiger partial charge in [-0.1, -0.05) is 6.07 Å². The molecule has 1 aromatic carbocycles. The van der Waals surface area contributed by atoms with Gasteiger partial charge in [0.05, 0.1) is 21.5 Å². The molecule has 0 saturated carbocycles. The Hall–Kier alpha value is -2.32. The first-order chi connectivity index (χ1) is 8.19. The lowest BCUT2D eigenvalue weighted by Gasteiger charge is -2.03. The molecule has 1 aromatic heterocycles. The molecule has 0 spiro atoms. The Morgan fingerprint density at radius 3 is 2.82 bits per heavy atom. The first-order valence-corrected chi connectivity index (χ1v) is 5.67. The van der Waals surface area contributed by atoms with Gasteiger partial charge in [-0.2, -0.15) is 5.26 Å². The van der Waals surface area contributed by atoms with Crippen LogP contribution in [-0.2, 0) is 0 Å². The van der Waals surface area contributed by atoms with Crippen LogP contribution < -0.4 is 11.1 Å². The molecule has 3 N–H and O–H groups in total. The van der Waals surface area contributed by atoms with Crippen molar-refractivity contribution < 1.29 is 4.79 Å². The SMILES string of the molecule is N#Cc1cccc(NC(=O)c2ccc(N)s2)c1. The molecule has 2 aromatic rings. The quantitative estimate of drug-likeness (QED) is 0.850. The molecule has 0 atom stereocenters. The van der Waals surface area contributed by atoms with E-state index in [1.807, 2.05) is 6.07 Å². The molecule has 17 heavy (non-hydrogen) atoms. The van der Waals surface area contributed by atoms with Crippen molar-refractivity contribution in [2.45, 2.75) is 0 Å². The van der Waals surface area contributed by atoms with E-state index >= 15 is 0 Å². The van der Waals surface area contributed by atoms with Crippen LogP contribution in [0.15, 0.2) is 36.4 Å². The summed E-state index contributed by atoms with van der Waals surface area (Å²) < 4.78 is 0. The molecule has 0 aliphatic carbocycles. The van der Waals surface area contributed by atoms with E-state index in [1.165, 1.54) is 11.3 Å². The number of nitrogen functional groups attached to an aromatic ring is 1. The maximum absolute atomic E-state index is 11.8. The number of hydrogen-bond acceptors (Lipinski definition) is 4. The Morgan fingerprint density at radius 2 is 2.18 bits per heavy atom. The molecule has 0 unspecified atom stereocenters. The molecular weight excluding hydrogens is 234 g/mol. The van der Waals surface area contributed by atoms with Gasteiger partial charge < -0.3 is 11.1 Å². The van der Waals surface area contributed by atoms with Crippen molar-refractivity contribution in [1.82, 2.24) is 0 Å². The van der Waals surface area contributed by atoms with Crippen LogP contribution >= 0.6 is 11.3 Å². The summed E-state index contributed by atoms with van der Waals surface area (Å²) >= 11 is 1.23. The van der Waals surface area contributed by atoms with Crippen LogP contribution in [0.3, 0.4) is 0 Å². The second kappa shape index (κ2) is 4.68. The van der Waals surface area contributed by atoms with E-state index in [1.54, 1.807) is 36.4 Å². The summed E-state index contributed by atoms with van der Waals surface area (Å²) in [6.07, 6.45) is 0. The van der Waals surface area contributed by atoms with E-state index in [0.717, 1.165) is 0 Å². The molecule has 0 aliphatic heterocycles. The van der Waals surface area contributed by atoms with E-state index in [2.05, 4.69) is 5.32 Å². The van der Waals surface area contributed by atoms with Gasteiger partial charge in [-0.3, -0.25) is 4.79 Å². The Balaban J connectivity index is 2.16. The van der Waals surface area contributed by atoms with Gasteiger partial charge in [-0.15, -0.1) is 11.3 Å². The number of benzene rings is 1. The molecule has 5 heteroatoms. The topological polar surface area (TPSA) is 78.9 Å². The van der Waals surface area contributed by atoms with E-state index in [4.69, 9.17) is 11.0 Å². The minimum Gasteiger partial charge on any atom is -0.391 e. The number of nitrogens with zero attached hydrogens (tertiary/aromatic N) is 1. The Morgan fingerprint density at radius 1 is 1.35 bits per heavy atom. The van der Waals surface area contributed by atoms with Gasteiger partial charge >= 0.3 is 0 Å². The standard InChI is InChI=1S/C12H9N3OS/c13-7-8-2-1-3-9(6-8)15-12(16)10-4-5-11(14)17-10/h1-6H,14H2,(H,15,16). The maximum atomic E-state index is 11.8. The normalized spacial score (nSPS) is 9.59. The van der Waals surface area contributed by atoms with Crippen molar-refractivity contribution in [2.24, 2.45) is 0 Å². The van der Waals surface area contributed by atoms with Crippen molar-refractivity contribution in [3.05, 3.63) is 46.8 Å². The summed E-state index contributed by atoms with van der Waals surface area (Å²) in [6, 6.07) is 12.1. The number of carbonyl (C=O) groups excluding carboxylic acids is 1. The molecule has 0 bridgehead atoms. The van der Waals surface area contributed by atoms with Gasteiger partial charge in [0.2, 0.25) is 0 Å². The molecule has 1 heterocycles. The predicted molar refractivity (Wildman–Crippen MR) is 67.8 cm³/mol. The van der Waals surface area contributed by atoms with E-state index in [-0.39, 0.29) is 5.91 Å². The molecule has 1 amide bonds. The largest absolute Gasteiger partial charge is 0.391 e. The number of hydrogen-bond donors (Lipinski definition) is 2. The third-order valence-corrected chi connectivity index (χ3v) is 3.01. The number of carbonyl (C=O) groups is 1. The fraction of sp³-hybridized carbons (Fsp3) is 0. The fourth-order valence-corrected chi connectivity index (χ4v) is 2.00. The Bertz CT molecular complexity index is 598. The van der Waals surface area contributed by atoms with Crippen molar-refractivity contribution >= 4 is 27.9 Å². The summed E-state index contributed by atoms with van der Waals surface area (Å²) in [5, 5.41) is 12.0. The van der Waals surface area contributed by atoms with Gasteiger partial charge in [0.1, 0.15) is 0 Å². The summed E-state index contributed by atoms with van der Waals surface area (Å²) in [4.78, 5) is 12.3. The lowest BCUT2D eigenvalue weighted by atomic mass is 10.2. The molecule has 0 saturated heterocycles. The maximum Gasteiger partial charge on any atom is 0.265 e. The number of anilines is 2. The number of rotatable bonds is 2. The van der Waals surface area contributed by atoms with Crippen LogP contribution in [0.5, 0.6) is 0 Å². The zero-order valence-electron chi connectivity index (χ0n) is 8.81. The van der Waals surface area contributed by atoms with Crippen LogP contribution in [0.2, 0.25) is 0 Å². The van der Waals surface area contributed by atoms with Crippen LogP contribution in [0.25, 0.3) is 0 Å². The van der Waals surface area contributed by atoms with Crippen molar-refractivity contribution in [1.29, 1.82) is 5.26 Å². The zero-order chi connectivity index (χ0) is 12.3. The van der Waals surface area contributed by atoms with Gasteiger partial charge in [0.15, 0.2) is 0 Å². The Kier molecular flexibility index (Phi) is 3.08. The second-order valence-corrected chi connectivity index (χ2v) is 4.46. The monoisotopic (exact) mass is 243 g/mol. The number of amides is 1. The average Bonchev–Trinajstić information content (AvgIpc) is 2.76. The minimum absolute atomic E-state index is 0.221. The highest BCUT2D eigenvalue weighted by atomic mass is 32.1. The van der Waals surface area contributed by atoms with Gasteiger partial charge in [-0.05, 0) is 30.3 Å². The van der Waals surface area contributed by atoms with Crippen molar-refractivity contribution in [3.63, 3.8) is 0 Å².